The molecule has 3 aromatic carbocycles. The lowest BCUT2D eigenvalue weighted by molar-refractivity contribution is -0.119. The largest absolute Gasteiger partial charge is 0.344 e. The average molecular weight is 493 g/mol. The van der Waals surface area contributed by atoms with Gasteiger partial charge in [0.25, 0.3) is 0 Å². The van der Waals surface area contributed by atoms with E-state index in [-0.39, 0.29) is 5.75 Å². The predicted molar refractivity (Wildman–Crippen MR) is 120 cm³/mol. The molecule has 0 aliphatic rings. The van der Waals surface area contributed by atoms with Crippen molar-refractivity contribution < 1.29 is 13.2 Å². The van der Waals surface area contributed by atoms with Gasteiger partial charge in [-0.2, -0.15) is 0 Å². The molecule has 1 N–H and O–H groups in total. The van der Waals surface area contributed by atoms with Gasteiger partial charge in [0.2, 0.25) is 5.91 Å². The maximum atomic E-state index is 12.6. The second kappa shape index (κ2) is 9.57. The van der Waals surface area contributed by atoms with Gasteiger partial charge >= 0.3 is 0 Å². The van der Waals surface area contributed by atoms with Crippen molar-refractivity contribution >= 4 is 43.3 Å². The van der Waals surface area contributed by atoms with Crippen molar-refractivity contribution in [1.29, 1.82) is 0 Å². The summed E-state index contributed by atoms with van der Waals surface area (Å²) in [6.07, 6.45) is 0. The minimum absolute atomic E-state index is 0.198. The average Bonchev–Trinajstić information content (AvgIpc) is 2.67. The van der Waals surface area contributed by atoms with E-state index in [0.29, 0.717) is 10.6 Å². The fourth-order valence-electron chi connectivity index (χ4n) is 2.99. The molecule has 1 unspecified atom stereocenters. The van der Waals surface area contributed by atoms with Gasteiger partial charge in [0, 0.05) is 9.50 Å². The van der Waals surface area contributed by atoms with E-state index in [1.54, 1.807) is 30.3 Å². The van der Waals surface area contributed by atoms with Crippen LogP contribution in [0.2, 0.25) is 5.02 Å². The summed E-state index contributed by atoms with van der Waals surface area (Å²) in [5.41, 5.74) is 2.30. The Morgan fingerprint density at radius 2 is 1.59 bits per heavy atom. The molecule has 4 nitrogen and oxygen atoms in total. The Labute approximate surface area is 184 Å². The molecule has 0 saturated carbocycles. The van der Waals surface area contributed by atoms with Gasteiger partial charge in [0.1, 0.15) is 5.75 Å². The number of hydrogen-bond donors (Lipinski definition) is 1. The lowest BCUT2D eigenvalue weighted by atomic mass is 9.99. The Hall–Kier alpha value is -2.15. The van der Waals surface area contributed by atoms with Gasteiger partial charge in [-0.3, -0.25) is 4.79 Å². The van der Waals surface area contributed by atoms with Gasteiger partial charge in [-0.1, -0.05) is 82.1 Å². The number of sulfone groups is 1. The highest BCUT2D eigenvalue weighted by atomic mass is 79.9. The van der Waals surface area contributed by atoms with Crippen molar-refractivity contribution in [2.45, 2.75) is 11.8 Å². The zero-order chi connectivity index (χ0) is 20.9. The summed E-state index contributed by atoms with van der Waals surface area (Å²) >= 11 is 9.30. The quantitative estimate of drug-likeness (QED) is 0.509. The number of benzene rings is 3. The van der Waals surface area contributed by atoms with Gasteiger partial charge in [0.05, 0.1) is 11.8 Å². The second-order valence-electron chi connectivity index (χ2n) is 6.62. The van der Waals surface area contributed by atoms with E-state index in [1.165, 1.54) is 0 Å². The molecular weight excluding hydrogens is 474 g/mol. The van der Waals surface area contributed by atoms with E-state index >= 15 is 0 Å². The Morgan fingerprint density at radius 1 is 0.931 bits per heavy atom. The van der Waals surface area contributed by atoms with E-state index < -0.39 is 27.5 Å². The highest BCUT2D eigenvalue weighted by Crippen LogP contribution is 2.24. The van der Waals surface area contributed by atoms with Crippen LogP contribution in [0.15, 0.2) is 83.3 Å². The third-order valence-corrected chi connectivity index (χ3v) is 6.49. The van der Waals surface area contributed by atoms with Crippen molar-refractivity contribution in [3.05, 3.63) is 105 Å². The zero-order valence-corrected chi connectivity index (χ0v) is 18.5. The topological polar surface area (TPSA) is 63.2 Å². The summed E-state index contributed by atoms with van der Waals surface area (Å²) in [6, 6.07) is 23.1. The first-order valence-electron chi connectivity index (χ1n) is 8.87. The summed E-state index contributed by atoms with van der Waals surface area (Å²) in [4.78, 5) is 12.6. The highest BCUT2D eigenvalue weighted by Gasteiger charge is 2.22. The minimum Gasteiger partial charge on any atom is -0.344 e. The molecule has 0 aromatic heterocycles. The van der Waals surface area contributed by atoms with Crippen LogP contribution in [0.1, 0.15) is 22.7 Å². The Morgan fingerprint density at radius 3 is 2.24 bits per heavy atom. The molecule has 7 heteroatoms. The van der Waals surface area contributed by atoms with Gasteiger partial charge in [-0.25, -0.2) is 8.42 Å². The summed E-state index contributed by atoms with van der Waals surface area (Å²) in [6.45, 7) is 0. The van der Waals surface area contributed by atoms with E-state index in [9.17, 15) is 13.2 Å². The Balaban J connectivity index is 1.77. The molecule has 1 amide bonds. The molecule has 0 spiro atoms. The van der Waals surface area contributed by atoms with Crippen molar-refractivity contribution in [2.24, 2.45) is 0 Å². The molecule has 3 rings (SSSR count). The number of hydrogen-bond acceptors (Lipinski definition) is 3. The number of rotatable bonds is 7. The lowest BCUT2D eigenvalue weighted by Gasteiger charge is -2.20. The molecule has 1 atom stereocenters. The highest BCUT2D eigenvalue weighted by molar-refractivity contribution is 9.10. The molecule has 3 aromatic rings. The third kappa shape index (κ3) is 6.42. The molecule has 150 valence electrons. The minimum atomic E-state index is -3.62. The van der Waals surface area contributed by atoms with Gasteiger partial charge < -0.3 is 5.32 Å². The Bertz CT molecular complexity index is 1090. The summed E-state index contributed by atoms with van der Waals surface area (Å²) < 4.78 is 25.8. The van der Waals surface area contributed by atoms with Gasteiger partial charge in [0.15, 0.2) is 9.84 Å². The first-order valence-corrected chi connectivity index (χ1v) is 11.9. The first-order chi connectivity index (χ1) is 13.8. The summed E-state index contributed by atoms with van der Waals surface area (Å²) in [5.74, 6) is -1.34. The SMILES string of the molecule is O=C(CS(=O)(=O)Cc1cccc(Br)c1)NC(c1ccccc1)c1ccc(Cl)cc1. The zero-order valence-electron chi connectivity index (χ0n) is 15.4. The normalized spacial score (nSPS) is 12.3. The number of carbonyl (C=O) groups excluding carboxylic acids is 1. The molecule has 0 bridgehead atoms. The Kier molecular flexibility index (Phi) is 7.11. The molecule has 0 saturated heterocycles. The van der Waals surface area contributed by atoms with Crippen molar-refractivity contribution in [1.82, 2.24) is 5.32 Å². The van der Waals surface area contributed by atoms with Crippen LogP contribution in [-0.4, -0.2) is 20.1 Å². The smallest absolute Gasteiger partial charge is 0.235 e. The maximum absolute atomic E-state index is 12.6. The molecule has 0 heterocycles. The second-order valence-corrected chi connectivity index (χ2v) is 10.0. The van der Waals surface area contributed by atoms with Crippen molar-refractivity contribution in [3.63, 3.8) is 0 Å². The van der Waals surface area contributed by atoms with Crippen LogP contribution < -0.4 is 5.32 Å². The number of nitrogens with one attached hydrogen (secondary N) is 1. The van der Waals surface area contributed by atoms with E-state index in [2.05, 4.69) is 21.2 Å². The standard InChI is InChI=1S/C22H19BrClNO3S/c23-19-8-4-5-16(13-19)14-29(27,28)15-21(26)25-22(17-6-2-1-3-7-17)18-9-11-20(24)12-10-18/h1-13,22H,14-15H2,(H,25,26). The molecule has 0 radical (unpaired) electrons. The monoisotopic (exact) mass is 491 g/mol. The van der Waals surface area contributed by atoms with Crippen molar-refractivity contribution in [2.75, 3.05) is 5.75 Å². The predicted octanol–water partition coefficient (Wildman–Crippen LogP) is 4.92. The van der Waals surface area contributed by atoms with E-state index in [0.717, 1.165) is 15.6 Å². The number of halogens is 2. The van der Waals surface area contributed by atoms with Crippen LogP contribution in [0, 0.1) is 0 Å². The van der Waals surface area contributed by atoms with Crippen LogP contribution in [0.4, 0.5) is 0 Å². The lowest BCUT2D eigenvalue weighted by Crippen LogP contribution is -2.34. The van der Waals surface area contributed by atoms with Gasteiger partial charge in [-0.05, 0) is 41.0 Å². The van der Waals surface area contributed by atoms with E-state index in [1.807, 2.05) is 48.5 Å². The van der Waals surface area contributed by atoms with Crippen LogP contribution in [0.25, 0.3) is 0 Å². The summed E-state index contributed by atoms with van der Waals surface area (Å²) in [5, 5.41) is 3.44. The van der Waals surface area contributed by atoms with Crippen LogP contribution in [0.5, 0.6) is 0 Å². The van der Waals surface area contributed by atoms with Crippen molar-refractivity contribution in [3.8, 4) is 0 Å². The maximum Gasteiger partial charge on any atom is 0.235 e. The number of carbonyl (C=O) groups is 1. The molecule has 0 fully saturated rings. The van der Waals surface area contributed by atoms with Crippen LogP contribution in [-0.2, 0) is 20.4 Å². The van der Waals surface area contributed by atoms with E-state index in [4.69, 9.17) is 11.6 Å². The molecular formula is C22H19BrClNO3S. The van der Waals surface area contributed by atoms with Gasteiger partial charge in [-0.15, -0.1) is 0 Å². The first kappa shape index (κ1) is 21.6. The summed E-state index contributed by atoms with van der Waals surface area (Å²) in [7, 11) is -3.62. The molecule has 0 aliphatic heterocycles. The fourth-order valence-corrected chi connectivity index (χ4v) is 4.84. The molecule has 0 aliphatic carbocycles. The molecule has 29 heavy (non-hydrogen) atoms. The number of amides is 1. The third-order valence-electron chi connectivity index (χ3n) is 4.27. The van der Waals surface area contributed by atoms with Crippen LogP contribution >= 0.6 is 27.5 Å². The van der Waals surface area contributed by atoms with Crippen LogP contribution in [0.3, 0.4) is 0 Å². The fraction of sp³-hybridized carbons (Fsp3) is 0.136.